The molecule has 296 valence electrons. The van der Waals surface area contributed by atoms with Crippen molar-refractivity contribution in [2.75, 3.05) is 13.2 Å². The molecule has 0 aromatic heterocycles. The fraction of sp³-hybridized carbons (Fsp3) is 0.783. The average molecular weight is 715 g/mol. The van der Waals surface area contributed by atoms with Crippen LogP contribution in [0.1, 0.15) is 213 Å². The number of rotatable bonds is 39. The highest BCUT2D eigenvalue weighted by Gasteiger charge is 2.16. The van der Waals surface area contributed by atoms with Gasteiger partial charge in [-0.3, -0.25) is 9.59 Å². The van der Waals surface area contributed by atoms with Crippen LogP contribution < -0.4 is 0 Å². The van der Waals surface area contributed by atoms with Gasteiger partial charge < -0.3 is 14.6 Å². The maximum absolute atomic E-state index is 12.2. The monoisotopic (exact) mass is 715 g/mol. The summed E-state index contributed by atoms with van der Waals surface area (Å²) in [5, 5.41) is 9.56. The first-order valence-electron chi connectivity index (χ1n) is 21.7. The maximum Gasteiger partial charge on any atom is 0.306 e. The summed E-state index contributed by atoms with van der Waals surface area (Å²) < 4.78 is 10.6. The molecule has 0 heterocycles. The van der Waals surface area contributed by atoms with Crippen LogP contribution in [0.25, 0.3) is 0 Å². The summed E-state index contributed by atoms with van der Waals surface area (Å²) in [4.78, 5) is 24.3. The molecule has 0 saturated heterocycles. The number of esters is 2. The second-order valence-electron chi connectivity index (χ2n) is 14.4. The molecule has 0 aliphatic carbocycles. The van der Waals surface area contributed by atoms with Crippen molar-refractivity contribution in [2.45, 2.75) is 219 Å². The summed E-state index contributed by atoms with van der Waals surface area (Å²) in [7, 11) is 0. The van der Waals surface area contributed by atoms with Gasteiger partial charge in [0.05, 0.1) is 6.61 Å². The molecule has 0 bridgehead atoms. The van der Waals surface area contributed by atoms with Gasteiger partial charge in [-0.05, 0) is 77.0 Å². The molecule has 5 heteroatoms. The standard InChI is InChI=1S/C46H82O5/c1-3-5-7-9-11-13-15-17-18-19-20-21-22-23-24-25-26-27-28-29-31-33-35-37-39-41-46(49)51-44(42-47)43-50-45(48)40-38-36-34-32-30-16-14-12-10-8-6-4-2/h12,14-15,17,19-20,22-23,44,47H,3-11,13,16,18,21,24-43H2,1-2H3/b14-12-,17-15-,20-19-,23-22-. The fourth-order valence-corrected chi connectivity index (χ4v) is 6.03. The van der Waals surface area contributed by atoms with Crippen molar-refractivity contribution in [3.05, 3.63) is 48.6 Å². The Kier molecular flexibility index (Phi) is 40.5. The molecule has 0 aromatic rings. The number of carbonyl (C=O) groups excluding carboxylic acids is 2. The van der Waals surface area contributed by atoms with Crippen LogP contribution in [0, 0.1) is 0 Å². The number of aliphatic hydroxyl groups is 1. The van der Waals surface area contributed by atoms with E-state index in [9.17, 15) is 14.7 Å². The van der Waals surface area contributed by atoms with Gasteiger partial charge in [0, 0.05) is 12.8 Å². The van der Waals surface area contributed by atoms with Crippen molar-refractivity contribution >= 4 is 11.9 Å². The molecule has 0 radical (unpaired) electrons. The minimum atomic E-state index is -0.776. The highest BCUT2D eigenvalue weighted by atomic mass is 16.6. The van der Waals surface area contributed by atoms with E-state index in [1.165, 1.54) is 128 Å². The highest BCUT2D eigenvalue weighted by molar-refractivity contribution is 5.70. The Morgan fingerprint density at radius 3 is 1.24 bits per heavy atom. The number of aliphatic hydroxyl groups excluding tert-OH is 1. The topological polar surface area (TPSA) is 72.8 Å². The van der Waals surface area contributed by atoms with Gasteiger partial charge >= 0.3 is 11.9 Å². The summed E-state index contributed by atoms with van der Waals surface area (Å²) in [5.74, 6) is -0.605. The molecule has 0 saturated carbocycles. The minimum absolute atomic E-state index is 0.0718. The summed E-state index contributed by atoms with van der Waals surface area (Å²) >= 11 is 0. The number of ether oxygens (including phenoxy) is 2. The van der Waals surface area contributed by atoms with Crippen LogP contribution in [-0.4, -0.2) is 36.4 Å². The molecular formula is C46H82O5. The van der Waals surface area contributed by atoms with Gasteiger partial charge in [-0.15, -0.1) is 0 Å². The minimum Gasteiger partial charge on any atom is -0.462 e. The van der Waals surface area contributed by atoms with Crippen LogP contribution in [0.15, 0.2) is 48.6 Å². The van der Waals surface area contributed by atoms with E-state index in [0.29, 0.717) is 12.8 Å². The highest BCUT2D eigenvalue weighted by Crippen LogP contribution is 2.14. The van der Waals surface area contributed by atoms with Crippen LogP contribution in [0.3, 0.4) is 0 Å². The lowest BCUT2D eigenvalue weighted by Gasteiger charge is -2.15. The lowest BCUT2D eigenvalue weighted by molar-refractivity contribution is -0.161. The first kappa shape index (κ1) is 48.9. The zero-order valence-electron chi connectivity index (χ0n) is 33.6. The molecule has 0 amide bonds. The molecule has 0 rings (SSSR count). The SMILES string of the molecule is CCCCC/C=C\CCCCCCCC(=O)OCC(CO)OC(=O)CCCCCCCCCCCC/C=C\C/C=C\C/C=C\CCCCCCC. The number of hydrogen-bond donors (Lipinski definition) is 1. The van der Waals surface area contributed by atoms with Gasteiger partial charge in [0.25, 0.3) is 0 Å². The first-order valence-corrected chi connectivity index (χ1v) is 21.7. The van der Waals surface area contributed by atoms with Crippen molar-refractivity contribution in [3.63, 3.8) is 0 Å². The van der Waals surface area contributed by atoms with E-state index in [4.69, 9.17) is 9.47 Å². The Labute approximate surface area is 316 Å². The first-order chi connectivity index (χ1) is 25.1. The Bertz CT molecular complexity index is 858. The third-order valence-electron chi connectivity index (χ3n) is 9.35. The number of hydrogen-bond acceptors (Lipinski definition) is 5. The predicted octanol–water partition coefficient (Wildman–Crippen LogP) is 13.8. The van der Waals surface area contributed by atoms with E-state index in [2.05, 4.69) is 62.5 Å². The normalized spacial score (nSPS) is 12.6. The molecular weight excluding hydrogens is 633 g/mol. The summed E-state index contributed by atoms with van der Waals surface area (Å²) in [6, 6.07) is 0. The van der Waals surface area contributed by atoms with Crippen LogP contribution in [0.4, 0.5) is 0 Å². The van der Waals surface area contributed by atoms with E-state index in [-0.39, 0.29) is 25.2 Å². The summed E-state index contributed by atoms with van der Waals surface area (Å²) in [6.07, 6.45) is 53.3. The second-order valence-corrected chi connectivity index (χ2v) is 14.4. The van der Waals surface area contributed by atoms with E-state index in [1.807, 2.05) is 0 Å². The summed E-state index contributed by atoms with van der Waals surface area (Å²) in [5.41, 5.74) is 0. The van der Waals surface area contributed by atoms with Gasteiger partial charge in [0.2, 0.25) is 0 Å². The maximum atomic E-state index is 12.2. The van der Waals surface area contributed by atoms with Gasteiger partial charge in [0.15, 0.2) is 6.10 Å². The van der Waals surface area contributed by atoms with Crippen LogP contribution in [-0.2, 0) is 19.1 Å². The average Bonchev–Trinajstić information content (AvgIpc) is 3.13. The molecule has 0 aliphatic heterocycles. The zero-order valence-corrected chi connectivity index (χ0v) is 33.6. The molecule has 1 N–H and O–H groups in total. The molecule has 0 aromatic carbocycles. The number of unbranched alkanes of at least 4 members (excludes halogenated alkanes) is 23. The van der Waals surface area contributed by atoms with Crippen LogP contribution in [0.2, 0.25) is 0 Å². The quantitative estimate of drug-likeness (QED) is 0.0390. The third-order valence-corrected chi connectivity index (χ3v) is 9.35. The van der Waals surface area contributed by atoms with Gasteiger partial charge in [0.1, 0.15) is 6.61 Å². The molecule has 0 spiro atoms. The molecule has 1 atom stereocenters. The lowest BCUT2D eigenvalue weighted by Crippen LogP contribution is -2.28. The largest absolute Gasteiger partial charge is 0.462 e. The fourth-order valence-electron chi connectivity index (χ4n) is 6.03. The van der Waals surface area contributed by atoms with Crippen LogP contribution >= 0.6 is 0 Å². The molecule has 1 unspecified atom stereocenters. The smallest absolute Gasteiger partial charge is 0.306 e. The van der Waals surface area contributed by atoms with Crippen molar-refractivity contribution in [3.8, 4) is 0 Å². The second kappa shape index (κ2) is 42.3. The van der Waals surface area contributed by atoms with E-state index < -0.39 is 6.10 Å². The van der Waals surface area contributed by atoms with Gasteiger partial charge in [-0.25, -0.2) is 0 Å². The number of carbonyl (C=O) groups is 2. The van der Waals surface area contributed by atoms with E-state index in [1.54, 1.807) is 0 Å². The van der Waals surface area contributed by atoms with Crippen molar-refractivity contribution in [1.82, 2.24) is 0 Å². The predicted molar refractivity (Wildman–Crippen MR) is 219 cm³/mol. The molecule has 0 fully saturated rings. The third kappa shape index (κ3) is 40.5. The molecule has 51 heavy (non-hydrogen) atoms. The van der Waals surface area contributed by atoms with Gasteiger partial charge in [-0.2, -0.15) is 0 Å². The Morgan fingerprint density at radius 2 is 0.784 bits per heavy atom. The Morgan fingerprint density at radius 1 is 0.451 bits per heavy atom. The van der Waals surface area contributed by atoms with Crippen LogP contribution in [0.5, 0.6) is 0 Å². The Hall–Kier alpha value is -2.14. The van der Waals surface area contributed by atoms with Crippen molar-refractivity contribution in [2.24, 2.45) is 0 Å². The number of allylic oxidation sites excluding steroid dienone is 8. The lowest BCUT2D eigenvalue weighted by atomic mass is 10.0. The van der Waals surface area contributed by atoms with E-state index in [0.717, 1.165) is 57.8 Å². The zero-order chi connectivity index (χ0) is 37.1. The summed E-state index contributed by atoms with van der Waals surface area (Å²) in [6.45, 7) is 4.09. The molecule has 0 aliphatic rings. The van der Waals surface area contributed by atoms with Gasteiger partial charge in [-0.1, -0.05) is 172 Å². The Balaban J connectivity index is 3.54. The van der Waals surface area contributed by atoms with Crippen molar-refractivity contribution in [1.29, 1.82) is 0 Å². The van der Waals surface area contributed by atoms with E-state index >= 15 is 0 Å². The molecule has 5 nitrogen and oxygen atoms in total. The van der Waals surface area contributed by atoms with Crippen molar-refractivity contribution < 1.29 is 24.2 Å².